The van der Waals surface area contributed by atoms with Gasteiger partial charge in [0.15, 0.2) is 0 Å². The molecule has 0 spiro atoms. The molecule has 0 bridgehead atoms. The van der Waals surface area contributed by atoms with E-state index in [1.165, 1.54) is 0 Å². The van der Waals surface area contributed by atoms with Crippen LogP contribution in [0.3, 0.4) is 0 Å². The Kier molecular flexibility index (Phi) is 20.3. The highest BCUT2D eigenvalue weighted by atomic mass is 16.5. The number of hydrogen-bond donors (Lipinski definition) is 4. The molecular weight excluding hydrogens is 648 g/mol. The second-order valence-electron chi connectivity index (χ2n) is 10.5. The Bertz CT molecular complexity index is 1290. The van der Waals surface area contributed by atoms with Crippen molar-refractivity contribution in [3.8, 4) is 34.5 Å². The molecule has 272 valence electrons. The highest BCUT2D eigenvalue weighted by Crippen LogP contribution is 2.20. The van der Waals surface area contributed by atoms with E-state index in [2.05, 4.69) is 0 Å². The van der Waals surface area contributed by atoms with Crippen LogP contribution in [0.2, 0.25) is 0 Å². The van der Waals surface area contributed by atoms with Gasteiger partial charge in [0.2, 0.25) is 0 Å². The summed E-state index contributed by atoms with van der Waals surface area (Å²) in [6.07, 6.45) is -1.44. The number of hydrogen-bond acceptors (Lipinski definition) is 12. The first-order chi connectivity index (χ1) is 24.6. The van der Waals surface area contributed by atoms with Crippen molar-refractivity contribution < 1.29 is 58.3 Å². The van der Waals surface area contributed by atoms with Crippen LogP contribution in [-0.2, 0) is 9.47 Å². The smallest absolute Gasteiger partial charge is 0.123 e. The molecule has 0 aromatic heterocycles. The van der Waals surface area contributed by atoms with Crippen LogP contribution in [0.1, 0.15) is 0 Å². The average molecular weight is 697 g/mol. The maximum atomic E-state index is 9.95. The largest absolute Gasteiger partial charge is 0.491 e. The van der Waals surface area contributed by atoms with Gasteiger partial charge in [-0.05, 0) is 48.5 Å². The molecule has 0 aliphatic rings. The normalized spacial score (nSPS) is 11.8. The summed E-state index contributed by atoms with van der Waals surface area (Å²) in [7, 11) is 0. The van der Waals surface area contributed by atoms with Gasteiger partial charge in [-0.25, -0.2) is 0 Å². The lowest BCUT2D eigenvalue weighted by Crippen LogP contribution is -2.24. The molecule has 4 aromatic rings. The van der Waals surface area contributed by atoms with Crippen molar-refractivity contribution >= 4 is 0 Å². The highest BCUT2D eigenvalue weighted by Gasteiger charge is 2.07. The van der Waals surface area contributed by atoms with Crippen LogP contribution in [0.15, 0.2) is 109 Å². The van der Waals surface area contributed by atoms with Crippen LogP contribution < -0.4 is 28.4 Å². The molecule has 50 heavy (non-hydrogen) atoms. The number of aliphatic hydroxyl groups excluding tert-OH is 4. The van der Waals surface area contributed by atoms with E-state index in [1.54, 1.807) is 30.3 Å². The van der Waals surface area contributed by atoms with Gasteiger partial charge in [-0.1, -0.05) is 48.5 Å². The van der Waals surface area contributed by atoms with Crippen molar-refractivity contribution in [2.45, 2.75) is 12.2 Å². The van der Waals surface area contributed by atoms with Crippen molar-refractivity contribution in [1.82, 2.24) is 0 Å². The Balaban J connectivity index is 0.000000403. The Morgan fingerprint density at radius 1 is 0.360 bits per heavy atom. The summed E-state index contributed by atoms with van der Waals surface area (Å²) < 4.78 is 43.6. The highest BCUT2D eigenvalue weighted by molar-refractivity contribution is 5.33. The summed E-state index contributed by atoms with van der Waals surface area (Å²) in [6, 6.07) is 33.0. The van der Waals surface area contributed by atoms with E-state index in [4.69, 9.17) is 48.1 Å². The predicted molar refractivity (Wildman–Crippen MR) is 187 cm³/mol. The Labute approximate surface area is 293 Å². The SMILES string of the molecule is OC(COCCOc1cccc(OCCOCC(O)COc2ccccc2)c1)COc1ccccc1.OCCOc1cccc(OCCO)c1. The molecule has 4 rings (SSSR count). The number of para-hydroxylation sites is 2. The van der Waals surface area contributed by atoms with Gasteiger partial charge in [0.05, 0.1) is 39.6 Å². The fraction of sp³-hybridized carbons (Fsp3) is 0.368. The van der Waals surface area contributed by atoms with Crippen LogP contribution >= 0.6 is 0 Å². The van der Waals surface area contributed by atoms with Crippen LogP contribution in [0.25, 0.3) is 0 Å². The van der Waals surface area contributed by atoms with E-state index in [9.17, 15) is 10.2 Å². The third-order valence-corrected chi connectivity index (χ3v) is 6.32. The second-order valence-corrected chi connectivity index (χ2v) is 10.5. The monoisotopic (exact) mass is 696 g/mol. The Hall–Kier alpha value is -4.56. The molecule has 0 radical (unpaired) electrons. The summed E-state index contributed by atoms with van der Waals surface area (Å²) >= 11 is 0. The molecule has 4 N–H and O–H groups in total. The first-order valence-corrected chi connectivity index (χ1v) is 16.4. The third-order valence-electron chi connectivity index (χ3n) is 6.32. The van der Waals surface area contributed by atoms with E-state index >= 15 is 0 Å². The molecule has 4 aromatic carbocycles. The van der Waals surface area contributed by atoms with Gasteiger partial charge in [-0.15, -0.1) is 0 Å². The fourth-order valence-electron chi connectivity index (χ4n) is 4.02. The molecular formula is C38H48O12. The van der Waals surface area contributed by atoms with Gasteiger partial charge >= 0.3 is 0 Å². The summed E-state index contributed by atoms with van der Waals surface area (Å²) in [5.74, 6) is 4.01. The standard InChI is InChI=1S/C28H34O8.C10H14O4/c29-23(21-35-25-8-3-1-4-9-25)19-31-14-16-33-27-12-7-13-28(18-27)34-17-15-32-20-24(30)22-36-26-10-5-2-6-11-26;11-4-6-13-9-2-1-3-10(8-9)14-7-5-12/h1-13,18,23-24,29-30H,14-17,19-22H2;1-3,8,11-12H,4-7H2. The van der Waals surface area contributed by atoms with E-state index in [0.717, 1.165) is 0 Å². The van der Waals surface area contributed by atoms with Gasteiger partial charge in [-0.3, -0.25) is 0 Å². The first-order valence-electron chi connectivity index (χ1n) is 16.4. The minimum absolute atomic E-state index is 0.0122. The van der Waals surface area contributed by atoms with Gasteiger partial charge in [-0.2, -0.15) is 0 Å². The number of rotatable bonds is 24. The van der Waals surface area contributed by atoms with E-state index < -0.39 is 12.2 Å². The average Bonchev–Trinajstić information content (AvgIpc) is 3.16. The third kappa shape index (κ3) is 18.3. The second kappa shape index (κ2) is 25.4. The molecule has 2 unspecified atom stereocenters. The first kappa shape index (κ1) is 39.9. The zero-order chi connectivity index (χ0) is 35.5. The summed E-state index contributed by atoms with van der Waals surface area (Å²) in [6.45, 7) is 2.48. The fourth-order valence-corrected chi connectivity index (χ4v) is 4.02. The molecule has 0 heterocycles. The zero-order valence-corrected chi connectivity index (χ0v) is 28.1. The van der Waals surface area contributed by atoms with Crippen LogP contribution in [0.4, 0.5) is 0 Å². The topological polar surface area (TPSA) is 155 Å². The van der Waals surface area contributed by atoms with Crippen molar-refractivity contribution in [2.24, 2.45) is 0 Å². The number of aliphatic hydroxyl groups is 4. The Morgan fingerprint density at radius 3 is 1.06 bits per heavy atom. The lowest BCUT2D eigenvalue weighted by molar-refractivity contribution is 0.00318. The van der Waals surface area contributed by atoms with Crippen LogP contribution in [0, 0.1) is 0 Å². The number of benzene rings is 4. The molecule has 0 fully saturated rings. The van der Waals surface area contributed by atoms with Crippen molar-refractivity contribution in [3.05, 3.63) is 109 Å². The van der Waals surface area contributed by atoms with E-state index in [-0.39, 0.29) is 52.9 Å². The van der Waals surface area contributed by atoms with Crippen LogP contribution in [-0.4, -0.2) is 112 Å². The molecule has 12 nitrogen and oxygen atoms in total. The van der Waals surface area contributed by atoms with Gasteiger partial charge in [0.1, 0.15) is 86.3 Å². The Morgan fingerprint density at radius 2 is 0.700 bits per heavy atom. The molecule has 0 saturated heterocycles. The molecule has 2 atom stereocenters. The number of ether oxygens (including phenoxy) is 8. The quantitative estimate of drug-likeness (QED) is 0.0789. The molecule has 0 aliphatic carbocycles. The minimum Gasteiger partial charge on any atom is -0.491 e. The predicted octanol–water partition coefficient (Wildman–Crippen LogP) is 3.79. The lowest BCUT2D eigenvalue weighted by atomic mass is 10.3. The van der Waals surface area contributed by atoms with Crippen molar-refractivity contribution in [3.63, 3.8) is 0 Å². The van der Waals surface area contributed by atoms with E-state index in [1.807, 2.05) is 78.9 Å². The van der Waals surface area contributed by atoms with Gasteiger partial charge in [0.25, 0.3) is 0 Å². The maximum Gasteiger partial charge on any atom is 0.123 e. The van der Waals surface area contributed by atoms with Gasteiger partial charge in [0, 0.05) is 12.1 Å². The summed E-state index contributed by atoms with van der Waals surface area (Å²) in [5, 5.41) is 37.0. The lowest BCUT2D eigenvalue weighted by Gasteiger charge is -2.14. The molecule has 0 saturated carbocycles. The maximum absolute atomic E-state index is 9.95. The molecule has 12 heteroatoms. The van der Waals surface area contributed by atoms with Gasteiger partial charge < -0.3 is 58.3 Å². The van der Waals surface area contributed by atoms with Crippen molar-refractivity contribution in [1.29, 1.82) is 0 Å². The van der Waals surface area contributed by atoms with Crippen molar-refractivity contribution in [2.75, 3.05) is 79.3 Å². The van der Waals surface area contributed by atoms with Crippen LogP contribution in [0.5, 0.6) is 34.5 Å². The summed E-state index contributed by atoms with van der Waals surface area (Å²) in [5.41, 5.74) is 0. The molecule has 0 aliphatic heterocycles. The van der Waals surface area contributed by atoms with E-state index in [0.29, 0.717) is 60.9 Å². The minimum atomic E-state index is -0.721. The summed E-state index contributed by atoms with van der Waals surface area (Å²) in [4.78, 5) is 0. The molecule has 0 amide bonds. The zero-order valence-electron chi connectivity index (χ0n) is 28.1.